The Morgan fingerprint density at radius 2 is 1.67 bits per heavy atom. The summed E-state index contributed by atoms with van der Waals surface area (Å²) in [7, 11) is 0. The highest BCUT2D eigenvalue weighted by Gasteiger charge is 2.08. The first-order valence-electron chi connectivity index (χ1n) is 4.94. The Morgan fingerprint density at radius 3 is 2.22 bits per heavy atom. The molecule has 0 aliphatic heterocycles. The van der Waals surface area contributed by atoms with Crippen LogP contribution in [0.1, 0.15) is 10.4 Å². The minimum absolute atomic E-state index is 0.190. The lowest BCUT2D eigenvalue weighted by Gasteiger charge is -2.05. The topological polar surface area (TPSA) is 42.0 Å². The van der Waals surface area contributed by atoms with Crippen molar-refractivity contribution in [1.29, 1.82) is 0 Å². The number of benzene rings is 1. The summed E-state index contributed by atoms with van der Waals surface area (Å²) in [5, 5.41) is 3.13. The number of aromatic nitrogens is 1. The van der Waals surface area contributed by atoms with Gasteiger partial charge in [-0.3, -0.25) is 4.79 Å². The zero-order valence-electron chi connectivity index (χ0n) is 8.95. The van der Waals surface area contributed by atoms with Gasteiger partial charge in [0.05, 0.1) is 0 Å². The van der Waals surface area contributed by atoms with E-state index < -0.39 is 0 Å². The van der Waals surface area contributed by atoms with E-state index in [1.807, 2.05) is 24.3 Å². The van der Waals surface area contributed by atoms with E-state index in [1.54, 1.807) is 0 Å². The van der Waals surface area contributed by atoms with Crippen molar-refractivity contribution in [2.24, 2.45) is 0 Å². The van der Waals surface area contributed by atoms with Crippen molar-refractivity contribution in [3.05, 3.63) is 55.8 Å². The summed E-state index contributed by atoms with van der Waals surface area (Å²) in [4.78, 5) is 15.7. The van der Waals surface area contributed by atoms with Crippen molar-refractivity contribution >= 4 is 57.4 Å². The van der Waals surface area contributed by atoms with Gasteiger partial charge in [0.15, 0.2) is 0 Å². The average molecular weight is 393 g/mol. The van der Waals surface area contributed by atoms with Crippen LogP contribution in [-0.2, 0) is 0 Å². The molecule has 0 spiro atoms. The van der Waals surface area contributed by atoms with Crippen LogP contribution in [0.25, 0.3) is 0 Å². The van der Waals surface area contributed by atoms with Crippen LogP contribution >= 0.6 is 45.8 Å². The lowest BCUT2D eigenvalue weighted by atomic mass is 10.2. The standard InChI is InChI=1S/C12H7Cl2IN2O/c13-10-5-7(6-11(14)17-10)12(18)16-9-3-1-8(15)2-4-9/h1-6H,(H,16,18). The summed E-state index contributed by atoms with van der Waals surface area (Å²) in [6.45, 7) is 0. The van der Waals surface area contributed by atoms with Gasteiger partial charge in [0, 0.05) is 14.8 Å². The first-order valence-corrected chi connectivity index (χ1v) is 6.78. The molecule has 0 saturated heterocycles. The van der Waals surface area contributed by atoms with Gasteiger partial charge < -0.3 is 5.32 Å². The maximum Gasteiger partial charge on any atom is 0.255 e. The molecule has 1 aromatic carbocycles. The van der Waals surface area contributed by atoms with Gasteiger partial charge in [0.1, 0.15) is 10.3 Å². The lowest BCUT2D eigenvalue weighted by Crippen LogP contribution is -2.12. The smallest absolute Gasteiger partial charge is 0.255 e. The Labute approximate surface area is 128 Å². The van der Waals surface area contributed by atoms with Gasteiger partial charge >= 0.3 is 0 Å². The minimum atomic E-state index is -0.276. The number of nitrogens with one attached hydrogen (secondary N) is 1. The molecule has 6 heteroatoms. The third-order valence-corrected chi connectivity index (χ3v) is 3.23. The Hall–Kier alpha value is -0.850. The Kier molecular flexibility index (Phi) is 4.42. The number of nitrogens with zero attached hydrogens (tertiary/aromatic N) is 1. The molecule has 0 bridgehead atoms. The van der Waals surface area contributed by atoms with E-state index in [-0.39, 0.29) is 16.2 Å². The normalized spacial score (nSPS) is 10.2. The van der Waals surface area contributed by atoms with E-state index in [2.05, 4.69) is 32.9 Å². The molecule has 0 fully saturated rings. The first-order chi connectivity index (χ1) is 8.54. The van der Waals surface area contributed by atoms with Crippen molar-refractivity contribution in [2.75, 3.05) is 5.32 Å². The molecule has 0 aliphatic carbocycles. The largest absolute Gasteiger partial charge is 0.322 e. The average Bonchev–Trinajstić information content (AvgIpc) is 2.31. The SMILES string of the molecule is O=C(Nc1ccc(I)cc1)c1cc(Cl)nc(Cl)c1. The number of hydrogen-bond acceptors (Lipinski definition) is 2. The molecule has 0 aliphatic rings. The molecule has 92 valence electrons. The Balaban J connectivity index is 2.19. The van der Waals surface area contributed by atoms with E-state index in [0.717, 1.165) is 3.57 Å². The molecule has 2 rings (SSSR count). The zero-order valence-corrected chi connectivity index (χ0v) is 12.6. The van der Waals surface area contributed by atoms with Crippen molar-refractivity contribution < 1.29 is 4.79 Å². The second kappa shape index (κ2) is 5.86. The zero-order chi connectivity index (χ0) is 13.1. The number of carbonyl (C=O) groups is 1. The van der Waals surface area contributed by atoms with E-state index >= 15 is 0 Å². The number of anilines is 1. The number of pyridine rings is 1. The third kappa shape index (κ3) is 3.57. The number of rotatable bonds is 2. The van der Waals surface area contributed by atoms with Gasteiger partial charge in [0.2, 0.25) is 0 Å². The predicted octanol–water partition coefficient (Wildman–Crippen LogP) is 4.25. The number of halogens is 3. The Morgan fingerprint density at radius 1 is 1.11 bits per heavy atom. The summed E-state index contributed by atoms with van der Waals surface area (Å²) in [5.41, 5.74) is 1.09. The molecule has 18 heavy (non-hydrogen) atoms. The molecule has 0 saturated carbocycles. The van der Waals surface area contributed by atoms with Crippen LogP contribution in [0.5, 0.6) is 0 Å². The quantitative estimate of drug-likeness (QED) is 0.613. The molecule has 2 aromatic rings. The second-order valence-electron chi connectivity index (χ2n) is 3.46. The highest BCUT2D eigenvalue weighted by atomic mass is 127. The fourth-order valence-corrected chi connectivity index (χ4v) is 2.15. The summed E-state index contributed by atoms with van der Waals surface area (Å²) >= 11 is 13.7. The maximum absolute atomic E-state index is 11.9. The monoisotopic (exact) mass is 392 g/mol. The molecule has 1 aromatic heterocycles. The van der Waals surface area contributed by atoms with Gasteiger partial charge in [-0.25, -0.2) is 4.98 Å². The van der Waals surface area contributed by atoms with Crippen molar-refractivity contribution in [1.82, 2.24) is 4.98 Å². The second-order valence-corrected chi connectivity index (χ2v) is 5.48. The summed E-state index contributed by atoms with van der Waals surface area (Å²) in [6, 6.07) is 10.4. The molecule has 0 unspecified atom stereocenters. The molecular weight excluding hydrogens is 386 g/mol. The highest BCUT2D eigenvalue weighted by molar-refractivity contribution is 14.1. The van der Waals surface area contributed by atoms with Crippen LogP contribution in [0.4, 0.5) is 5.69 Å². The fraction of sp³-hybridized carbons (Fsp3) is 0. The van der Waals surface area contributed by atoms with Crippen LogP contribution in [0.15, 0.2) is 36.4 Å². The van der Waals surface area contributed by atoms with Crippen LogP contribution < -0.4 is 5.32 Å². The van der Waals surface area contributed by atoms with Crippen molar-refractivity contribution in [3.8, 4) is 0 Å². The van der Waals surface area contributed by atoms with Gasteiger partial charge in [-0.2, -0.15) is 0 Å². The number of amides is 1. The molecule has 1 N–H and O–H groups in total. The molecule has 3 nitrogen and oxygen atoms in total. The number of carbonyl (C=O) groups excluding carboxylic acids is 1. The first kappa shape index (κ1) is 13.6. The van der Waals surface area contributed by atoms with Crippen LogP contribution in [0, 0.1) is 3.57 Å². The minimum Gasteiger partial charge on any atom is -0.322 e. The van der Waals surface area contributed by atoms with Gasteiger partial charge in [-0.15, -0.1) is 0 Å². The fourth-order valence-electron chi connectivity index (χ4n) is 1.33. The maximum atomic E-state index is 11.9. The van der Waals surface area contributed by atoms with Crippen LogP contribution in [-0.4, -0.2) is 10.9 Å². The summed E-state index contributed by atoms with van der Waals surface area (Å²) in [6.07, 6.45) is 0. The lowest BCUT2D eigenvalue weighted by molar-refractivity contribution is 0.102. The molecular formula is C12H7Cl2IN2O. The third-order valence-electron chi connectivity index (χ3n) is 2.13. The van der Waals surface area contributed by atoms with Crippen LogP contribution in [0.3, 0.4) is 0 Å². The van der Waals surface area contributed by atoms with E-state index in [0.29, 0.717) is 11.3 Å². The van der Waals surface area contributed by atoms with Gasteiger partial charge in [-0.1, -0.05) is 23.2 Å². The molecule has 1 heterocycles. The van der Waals surface area contributed by atoms with Gasteiger partial charge in [-0.05, 0) is 59.0 Å². The molecule has 0 radical (unpaired) electrons. The van der Waals surface area contributed by atoms with Crippen molar-refractivity contribution in [2.45, 2.75) is 0 Å². The molecule has 0 atom stereocenters. The van der Waals surface area contributed by atoms with Crippen LogP contribution in [0.2, 0.25) is 10.3 Å². The van der Waals surface area contributed by atoms with E-state index in [1.165, 1.54) is 12.1 Å². The van der Waals surface area contributed by atoms with Crippen molar-refractivity contribution in [3.63, 3.8) is 0 Å². The summed E-state index contributed by atoms with van der Waals surface area (Å²) in [5.74, 6) is -0.276. The Bertz CT molecular complexity index is 567. The van der Waals surface area contributed by atoms with Gasteiger partial charge in [0.25, 0.3) is 5.91 Å². The van der Waals surface area contributed by atoms with E-state index in [4.69, 9.17) is 23.2 Å². The number of hydrogen-bond donors (Lipinski definition) is 1. The van der Waals surface area contributed by atoms with E-state index in [9.17, 15) is 4.79 Å². The highest BCUT2D eigenvalue weighted by Crippen LogP contribution is 2.17. The molecule has 1 amide bonds. The predicted molar refractivity (Wildman–Crippen MR) is 81.4 cm³/mol. The summed E-state index contributed by atoms with van der Waals surface area (Å²) < 4.78 is 1.10.